The van der Waals surface area contributed by atoms with Crippen molar-refractivity contribution in [2.45, 2.75) is 18.9 Å². The number of ether oxygens (including phenoxy) is 1. The molecule has 0 saturated carbocycles. The lowest BCUT2D eigenvalue weighted by Gasteiger charge is -2.12. The van der Waals surface area contributed by atoms with Crippen LogP contribution in [-0.4, -0.2) is 26.9 Å². The van der Waals surface area contributed by atoms with Crippen molar-refractivity contribution in [3.8, 4) is 0 Å². The molecule has 1 aliphatic rings. The molecule has 4 nitrogen and oxygen atoms in total. The Hall–Kier alpha value is -0.850. The minimum atomic E-state index is -3.63. The third kappa shape index (κ3) is 3.34. The highest BCUT2D eigenvalue weighted by molar-refractivity contribution is 7.92. The average Bonchev–Trinajstić information content (AvgIpc) is 2.76. The Labute approximate surface area is 110 Å². The normalized spacial score (nSPS) is 20.0. The van der Waals surface area contributed by atoms with Crippen molar-refractivity contribution in [3.63, 3.8) is 0 Å². The van der Waals surface area contributed by atoms with Crippen LogP contribution in [0, 0.1) is 5.82 Å². The topological polar surface area (TPSA) is 55.4 Å². The van der Waals surface area contributed by atoms with Gasteiger partial charge in [0.05, 0.1) is 22.6 Å². The van der Waals surface area contributed by atoms with Gasteiger partial charge in [-0.3, -0.25) is 4.72 Å². The zero-order valence-corrected chi connectivity index (χ0v) is 11.1. The Balaban J connectivity index is 2.09. The highest BCUT2D eigenvalue weighted by Crippen LogP contribution is 2.23. The summed E-state index contributed by atoms with van der Waals surface area (Å²) >= 11 is 5.58. The zero-order chi connectivity index (χ0) is 13.2. The molecule has 7 heteroatoms. The van der Waals surface area contributed by atoms with E-state index in [0.29, 0.717) is 13.0 Å². The van der Waals surface area contributed by atoms with Gasteiger partial charge in [-0.15, -0.1) is 0 Å². The molecule has 18 heavy (non-hydrogen) atoms. The van der Waals surface area contributed by atoms with Crippen molar-refractivity contribution in [3.05, 3.63) is 29.0 Å². The molecule has 0 radical (unpaired) electrons. The molecule has 0 aromatic heterocycles. The largest absolute Gasteiger partial charge is 0.377 e. The summed E-state index contributed by atoms with van der Waals surface area (Å²) in [5, 5.41) is -0.118. The smallest absolute Gasteiger partial charge is 0.235 e. The van der Waals surface area contributed by atoms with Gasteiger partial charge in [-0.25, -0.2) is 12.8 Å². The van der Waals surface area contributed by atoms with Crippen molar-refractivity contribution >= 4 is 27.3 Å². The number of rotatable bonds is 4. The predicted octanol–water partition coefficient (Wildman–Crippen LogP) is 2.40. The van der Waals surface area contributed by atoms with Gasteiger partial charge in [0.25, 0.3) is 0 Å². The van der Waals surface area contributed by atoms with Crippen LogP contribution in [0.2, 0.25) is 5.02 Å². The van der Waals surface area contributed by atoms with Crippen LogP contribution in [0.15, 0.2) is 18.2 Å². The third-order valence-corrected chi connectivity index (χ3v) is 4.28. The van der Waals surface area contributed by atoms with Gasteiger partial charge in [-0.05, 0) is 25.0 Å². The SMILES string of the molecule is O=S(=O)(CC1CCCO1)Nc1cccc(Cl)c1F. The molecule has 0 amide bonds. The number of benzene rings is 1. The first kappa shape index (κ1) is 13.6. The van der Waals surface area contributed by atoms with Crippen molar-refractivity contribution in [2.24, 2.45) is 0 Å². The van der Waals surface area contributed by atoms with Gasteiger partial charge in [0, 0.05) is 6.61 Å². The highest BCUT2D eigenvalue weighted by Gasteiger charge is 2.24. The molecule has 1 aliphatic heterocycles. The number of sulfonamides is 1. The number of hydrogen-bond acceptors (Lipinski definition) is 3. The van der Waals surface area contributed by atoms with Gasteiger partial charge in [0.15, 0.2) is 5.82 Å². The Kier molecular flexibility index (Phi) is 4.09. The van der Waals surface area contributed by atoms with Crippen LogP contribution in [0.25, 0.3) is 0 Å². The fraction of sp³-hybridized carbons (Fsp3) is 0.455. The van der Waals surface area contributed by atoms with Gasteiger partial charge < -0.3 is 4.74 Å². The summed E-state index contributed by atoms with van der Waals surface area (Å²) in [6.45, 7) is 0.575. The molecule has 100 valence electrons. The second kappa shape index (κ2) is 5.42. The lowest BCUT2D eigenvalue weighted by Crippen LogP contribution is -2.26. The van der Waals surface area contributed by atoms with Crippen molar-refractivity contribution in [1.82, 2.24) is 0 Å². The number of nitrogens with one attached hydrogen (secondary N) is 1. The summed E-state index contributed by atoms with van der Waals surface area (Å²) in [5.41, 5.74) is -0.138. The fourth-order valence-electron chi connectivity index (χ4n) is 1.81. The summed E-state index contributed by atoms with van der Waals surface area (Å²) in [7, 11) is -3.63. The van der Waals surface area contributed by atoms with Crippen molar-refractivity contribution < 1.29 is 17.5 Å². The monoisotopic (exact) mass is 293 g/mol. The van der Waals surface area contributed by atoms with Crippen LogP contribution in [-0.2, 0) is 14.8 Å². The van der Waals surface area contributed by atoms with E-state index in [4.69, 9.17) is 16.3 Å². The standard InChI is InChI=1S/C11H13ClFNO3S/c12-9-4-1-5-10(11(9)13)14-18(15,16)7-8-3-2-6-17-8/h1,4-5,8,14H,2-3,6-7H2. The van der Waals surface area contributed by atoms with E-state index >= 15 is 0 Å². The zero-order valence-electron chi connectivity index (χ0n) is 9.53. The molecule has 0 spiro atoms. The van der Waals surface area contributed by atoms with Crippen LogP contribution in [0.4, 0.5) is 10.1 Å². The van der Waals surface area contributed by atoms with Crippen molar-refractivity contribution in [2.75, 3.05) is 17.1 Å². The van der Waals surface area contributed by atoms with Crippen LogP contribution in [0.3, 0.4) is 0 Å². The molecule has 0 bridgehead atoms. The molecular formula is C11H13ClFNO3S. The first-order valence-corrected chi connectivity index (χ1v) is 7.57. The van der Waals surface area contributed by atoms with E-state index in [2.05, 4.69) is 4.72 Å². The van der Waals surface area contributed by atoms with Gasteiger partial charge in [0.1, 0.15) is 0 Å². The molecule has 1 heterocycles. The Bertz CT molecular complexity index is 529. The molecule has 1 fully saturated rings. The number of hydrogen-bond donors (Lipinski definition) is 1. The molecule has 1 aromatic carbocycles. The second-order valence-corrected chi connectivity index (χ2v) is 6.29. The van der Waals surface area contributed by atoms with Gasteiger partial charge >= 0.3 is 0 Å². The molecule has 1 saturated heterocycles. The molecule has 1 atom stereocenters. The first-order valence-electron chi connectivity index (χ1n) is 5.54. The van der Waals surface area contributed by atoms with Crippen LogP contribution in [0.1, 0.15) is 12.8 Å². The molecule has 0 aliphatic carbocycles. The molecule has 1 N–H and O–H groups in total. The van der Waals surface area contributed by atoms with Crippen molar-refractivity contribution in [1.29, 1.82) is 0 Å². The van der Waals surface area contributed by atoms with Gasteiger partial charge in [-0.1, -0.05) is 17.7 Å². The minimum absolute atomic E-state index is 0.118. The van der Waals surface area contributed by atoms with Gasteiger partial charge in [0.2, 0.25) is 10.0 Å². The maximum atomic E-state index is 13.6. The first-order chi connectivity index (χ1) is 8.48. The summed E-state index contributed by atoms with van der Waals surface area (Å²) in [4.78, 5) is 0. The Morgan fingerprint density at radius 1 is 1.50 bits per heavy atom. The fourth-order valence-corrected chi connectivity index (χ4v) is 3.32. The third-order valence-electron chi connectivity index (χ3n) is 2.65. The maximum absolute atomic E-state index is 13.6. The van der Waals surface area contributed by atoms with Crippen LogP contribution in [0.5, 0.6) is 0 Å². The Morgan fingerprint density at radius 2 is 2.28 bits per heavy atom. The molecular weight excluding hydrogens is 281 g/mol. The van der Waals surface area contributed by atoms with E-state index < -0.39 is 15.8 Å². The summed E-state index contributed by atoms with van der Waals surface area (Å²) in [5.74, 6) is -0.936. The van der Waals surface area contributed by atoms with E-state index in [1.165, 1.54) is 18.2 Å². The lowest BCUT2D eigenvalue weighted by molar-refractivity contribution is 0.127. The maximum Gasteiger partial charge on any atom is 0.235 e. The molecule has 1 aromatic rings. The minimum Gasteiger partial charge on any atom is -0.377 e. The van der Waals surface area contributed by atoms with E-state index in [9.17, 15) is 12.8 Å². The van der Waals surface area contributed by atoms with Crippen LogP contribution >= 0.6 is 11.6 Å². The lowest BCUT2D eigenvalue weighted by atomic mass is 10.3. The van der Waals surface area contributed by atoms with E-state index in [1.54, 1.807) is 0 Å². The van der Waals surface area contributed by atoms with Crippen LogP contribution < -0.4 is 4.72 Å². The second-order valence-electron chi connectivity index (χ2n) is 4.12. The summed E-state index contributed by atoms with van der Waals surface area (Å²) < 4.78 is 44.6. The predicted molar refractivity (Wildman–Crippen MR) is 67.8 cm³/mol. The molecule has 2 rings (SSSR count). The number of halogens is 2. The highest BCUT2D eigenvalue weighted by atomic mass is 35.5. The average molecular weight is 294 g/mol. The summed E-state index contributed by atoms with van der Waals surface area (Å²) in [6.07, 6.45) is 1.25. The van der Waals surface area contributed by atoms with E-state index in [1.807, 2.05) is 0 Å². The van der Waals surface area contributed by atoms with Gasteiger partial charge in [-0.2, -0.15) is 0 Å². The number of anilines is 1. The van der Waals surface area contributed by atoms with E-state index in [0.717, 1.165) is 6.42 Å². The molecule has 1 unspecified atom stereocenters. The quantitative estimate of drug-likeness (QED) is 0.927. The summed E-state index contributed by atoms with van der Waals surface area (Å²) in [6, 6.07) is 4.17. The Morgan fingerprint density at radius 3 is 2.94 bits per heavy atom. The van der Waals surface area contributed by atoms with E-state index in [-0.39, 0.29) is 22.6 Å².